The lowest BCUT2D eigenvalue weighted by Crippen LogP contribution is -2.29. The normalized spacial score (nSPS) is 11.2. The summed E-state index contributed by atoms with van der Waals surface area (Å²) in [4.78, 5) is 2.20. The number of hydrogen-bond donors (Lipinski definition) is 1. The van der Waals surface area contributed by atoms with E-state index in [-0.39, 0.29) is 5.82 Å². The van der Waals surface area contributed by atoms with Gasteiger partial charge in [0.1, 0.15) is 5.82 Å². The van der Waals surface area contributed by atoms with Gasteiger partial charge in [-0.05, 0) is 51.1 Å². The molecule has 0 unspecified atom stereocenters. The summed E-state index contributed by atoms with van der Waals surface area (Å²) in [6.07, 6.45) is 2.26. The minimum Gasteiger partial charge on any atom is -0.382 e. The van der Waals surface area contributed by atoms with Crippen molar-refractivity contribution in [1.29, 1.82) is 0 Å². The third kappa shape index (κ3) is 8.25. The maximum atomic E-state index is 13.1. The van der Waals surface area contributed by atoms with Crippen molar-refractivity contribution < 1.29 is 9.13 Å². The van der Waals surface area contributed by atoms with E-state index in [0.717, 1.165) is 57.8 Å². The van der Waals surface area contributed by atoms with Gasteiger partial charge in [0.15, 0.2) is 0 Å². The number of unbranched alkanes of at least 4 members (excludes halogenated alkanes) is 1. The first-order valence-corrected chi connectivity index (χ1v) is 7.44. The monoisotopic (exact) mass is 282 g/mol. The molecule has 0 fully saturated rings. The summed E-state index contributed by atoms with van der Waals surface area (Å²) in [5.74, 6) is -0.164. The number of hydrogen-bond acceptors (Lipinski definition) is 3. The van der Waals surface area contributed by atoms with E-state index >= 15 is 0 Å². The van der Waals surface area contributed by atoms with Crippen molar-refractivity contribution in [2.24, 2.45) is 0 Å². The standard InChI is InChI=1S/C16H27FN2O/c1-3-20-12-5-4-9-18-10-11-19(2)14-15-7-6-8-16(17)13-15/h6-8,13,18H,3-5,9-12,14H2,1-2H3. The molecule has 0 aliphatic rings. The van der Waals surface area contributed by atoms with Gasteiger partial charge < -0.3 is 15.0 Å². The van der Waals surface area contributed by atoms with Crippen molar-refractivity contribution in [3.8, 4) is 0 Å². The zero-order chi connectivity index (χ0) is 14.6. The molecule has 1 N–H and O–H groups in total. The zero-order valence-electron chi connectivity index (χ0n) is 12.7. The van der Waals surface area contributed by atoms with Crippen LogP contribution in [0.3, 0.4) is 0 Å². The van der Waals surface area contributed by atoms with Crippen molar-refractivity contribution >= 4 is 0 Å². The molecule has 0 saturated heterocycles. The molecule has 0 amide bonds. The Balaban J connectivity index is 2.01. The summed E-state index contributed by atoms with van der Waals surface area (Å²) in [6, 6.07) is 6.79. The number of halogens is 1. The number of nitrogens with one attached hydrogen (secondary N) is 1. The number of ether oxygens (including phenoxy) is 1. The molecule has 114 valence electrons. The van der Waals surface area contributed by atoms with E-state index in [4.69, 9.17) is 4.74 Å². The molecule has 0 radical (unpaired) electrons. The maximum Gasteiger partial charge on any atom is 0.123 e. The van der Waals surface area contributed by atoms with Gasteiger partial charge >= 0.3 is 0 Å². The summed E-state index contributed by atoms with van der Waals surface area (Å²) < 4.78 is 18.3. The van der Waals surface area contributed by atoms with E-state index in [1.807, 2.05) is 13.0 Å². The van der Waals surface area contributed by atoms with Crippen molar-refractivity contribution in [1.82, 2.24) is 10.2 Å². The second-order valence-electron chi connectivity index (χ2n) is 5.02. The minimum absolute atomic E-state index is 0.164. The molecule has 0 bridgehead atoms. The van der Waals surface area contributed by atoms with Crippen LogP contribution in [0.2, 0.25) is 0 Å². The predicted molar refractivity (Wildman–Crippen MR) is 81.3 cm³/mol. The molecule has 20 heavy (non-hydrogen) atoms. The van der Waals surface area contributed by atoms with E-state index in [2.05, 4.69) is 17.3 Å². The average molecular weight is 282 g/mol. The Morgan fingerprint density at radius 2 is 2.10 bits per heavy atom. The minimum atomic E-state index is -0.164. The Morgan fingerprint density at radius 1 is 1.25 bits per heavy atom. The molecule has 1 aromatic carbocycles. The number of nitrogens with zero attached hydrogens (tertiary/aromatic N) is 1. The van der Waals surface area contributed by atoms with Gasteiger partial charge in [-0.1, -0.05) is 12.1 Å². The third-order valence-electron chi connectivity index (χ3n) is 3.11. The van der Waals surface area contributed by atoms with E-state index in [1.165, 1.54) is 6.07 Å². The summed E-state index contributed by atoms with van der Waals surface area (Å²) in [6.45, 7) is 7.41. The van der Waals surface area contributed by atoms with Gasteiger partial charge in [-0.25, -0.2) is 4.39 Å². The SMILES string of the molecule is CCOCCCCNCCN(C)Cc1cccc(F)c1. The smallest absolute Gasteiger partial charge is 0.123 e. The van der Waals surface area contributed by atoms with Crippen molar-refractivity contribution in [3.05, 3.63) is 35.6 Å². The number of likely N-dealkylation sites (N-methyl/N-ethyl adjacent to an activating group) is 1. The fraction of sp³-hybridized carbons (Fsp3) is 0.625. The molecule has 0 saturated carbocycles. The molecule has 0 spiro atoms. The van der Waals surface area contributed by atoms with Gasteiger partial charge in [0.05, 0.1) is 0 Å². The van der Waals surface area contributed by atoms with Gasteiger partial charge in [0.2, 0.25) is 0 Å². The molecule has 0 aliphatic heterocycles. The first-order valence-electron chi connectivity index (χ1n) is 7.44. The number of rotatable bonds is 11. The van der Waals surface area contributed by atoms with Gasteiger partial charge in [-0.15, -0.1) is 0 Å². The molecular formula is C16H27FN2O. The van der Waals surface area contributed by atoms with Crippen LogP contribution in [-0.2, 0) is 11.3 Å². The lowest BCUT2D eigenvalue weighted by atomic mass is 10.2. The topological polar surface area (TPSA) is 24.5 Å². The lowest BCUT2D eigenvalue weighted by Gasteiger charge is -2.17. The number of benzene rings is 1. The summed E-state index contributed by atoms with van der Waals surface area (Å²) >= 11 is 0. The fourth-order valence-corrected chi connectivity index (χ4v) is 2.02. The molecule has 1 rings (SSSR count). The lowest BCUT2D eigenvalue weighted by molar-refractivity contribution is 0.143. The van der Waals surface area contributed by atoms with Crippen molar-refractivity contribution in [2.45, 2.75) is 26.3 Å². The van der Waals surface area contributed by atoms with Crippen LogP contribution in [0.5, 0.6) is 0 Å². The van der Waals surface area contributed by atoms with Crippen LogP contribution in [0, 0.1) is 5.82 Å². The molecule has 4 heteroatoms. The Hall–Kier alpha value is -0.970. The molecule has 0 atom stereocenters. The Labute approximate surface area is 122 Å². The van der Waals surface area contributed by atoms with E-state index < -0.39 is 0 Å². The molecule has 0 aliphatic carbocycles. The van der Waals surface area contributed by atoms with E-state index in [0.29, 0.717) is 0 Å². The van der Waals surface area contributed by atoms with Gasteiger partial charge in [-0.2, -0.15) is 0 Å². The van der Waals surface area contributed by atoms with Crippen LogP contribution < -0.4 is 5.32 Å². The van der Waals surface area contributed by atoms with Gasteiger partial charge in [-0.3, -0.25) is 0 Å². The fourth-order valence-electron chi connectivity index (χ4n) is 2.02. The summed E-state index contributed by atoms with van der Waals surface area (Å²) in [5, 5.41) is 3.42. The second kappa shape index (κ2) is 10.8. The molecule has 1 aromatic rings. The quantitative estimate of drug-likeness (QED) is 0.632. The Kier molecular flexibility index (Phi) is 9.20. The van der Waals surface area contributed by atoms with Crippen LogP contribution >= 0.6 is 0 Å². The largest absolute Gasteiger partial charge is 0.382 e. The predicted octanol–water partition coefficient (Wildman–Crippen LogP) is 2.66. The van der Waals surface area contributed by atoms with Crippen LogP contribution in [0.4, 0.5) is 4.39 Å². The molecular weight excluding hydrogens is 255 g/mol. The highest BCUT2D eigenvalue weighted by Crippen LogP contribution is 2.05. The van der Waals surface area contributed by atoms with Crippen LogP contribution in [0.25, 0.3) is 0 Å². The first kappa shape index (κ1) is 17.1. The zero-order valence-corrected chi connectivity index (χ0v) is 12.7. The highest BCUT2D eigenvalue weighted by atomic mass is 19.1. The average Bonchev–Trinajstić information content (AvgIpc) is 2.42. The second-order valence-corrected chi connectivity index (χ2v) is 5.02. The van der Waals surface area contributed by atoms with Gasteiger partial charge in [0, 0.05) is 32.8 Å². The summed E-state index contributed by atoms with van der Waals surface area (Å²) in [7, 11) is 2.06. The first-order chi connectivity index (χ1) is 9.72. The van der Waals surface area contributed by atoms with Crippen molar-refractivity contribution in [2.75, 3.05) is 39.9 Å². The van der Waals surface area contributed by atoms with Gasteiger partial charge in [0.25, 0.3) is 0 Å². The van der Waals surface area contributed by atoms with Crippen LogP contribution in [-0.4, -0.2) is 44.8 Å². The van der Waals surface area contributed by atoms with E-state index in [9.17, 15) is 4.39 Å². The molecule has 3 nitrogen and oxygen atoms in total. The van der Waals surface area contributed by atoms with Crippen LogP contribution in [0.1, 0.15) is 25.3 Å². The van der Waals surface area contributed by atoms with Crippen LogP contribution in [0.15, 0.2) is 24.3 Å². The highest BCUT2D eigenvalue weighted by molar-refractivity contribution is 5.15. The van der Waals surface area contributed by atoms with E-state index in [1.54, 1.807) is 12.1 Å². The highest BCUT2D eigenvalue weighted by Gasteiger charge is 2.01. The molecule has 0 aromatic heterocycles. The summed E-state index contributed by atoms with van der Waals surface area (Å²) in [5.41, 5.74) is 1.02. The molecule has 0 heterocycles. The maximum absolute atomic E-state index is 13.1. The van der Waals surface area contributed by atoms with Crippen molar-refractivity contribution in [3.63, 3.8) is 0 Å². The third-order valence-corrected chi connectivity index (χ3v) is 3.11. The Morgan fingerprint density at radius 3 is 2.85 bits per heavy atom. The Bertz CT molecular complexity index is 360.